The average Bonchev–Trinajstić information content (AvgIpc) is 2.30. The number of nitrogens with two attached hydrogens (primary N) is 1. The van der Waals surface area contributed by atoms with E-state index in [0.717, 1.165) is 0 Å². The zero-order valence-corrected chi connectivity index (χ0v) is 12.8. The van der Waals surface area contributed by atoms with E-state index >= 15 is 0 Å². The van der Waals surface area contributed by atoms with E-state index in [1.807, 2.05) is 13.8 Å². The molecule has 0 bridgehead atoms. The highest BCUT2D eigenvalue weighted by molar-refractivity contribution is 5.95. The minimum absolute atomic E-state index is 0. The zero-order chi connectivity index (χ0) is 14.4. The largest absolute Gasteiger partial charge is 0.326 e. The lowest BCUT2D eigenvalue weighted by atomic mass is 10.0. The Labute approximate surface area is 125 Å². The van der Waals surface area contributed by atoms with Crippen LogP contribution in [-0.2, 0) is 9.59 Å². The van der Waals surface area contributed by atoms with Crippen LogP contribution in [0.25, 0.3) is 0 Å². The zero-order valence-electron chi connectivity index (χ0n) is 12.0. The molecule has 1 rings (SSSR count). The summed E-state index contributed by atoms with van der Waals surface area (Å²) in [6.45, 7) is 5.49. The Hall–Kier alpha value is -1.59. The first-order chi connectivity index (χ1) is 8.88. The molecule has 1 aromatic carbocycles. The molecule has 0 radical (unpaired) electrons. The molecule has 0 heterocycles. The van der Waals surface area contributed by atoms with E-state index in [1.54, 1.807) is 24.3 Å². The van der Waals surface area contributed by atoms with Gasteiger partial charge in [0.25, 0.3) is 0 Å². The highest BCUT2D eigenvalue weighted by Gasteiger charge is 2.14. The van der Waals surface area contributed by atoms with Gasteiger partial charge in [-0.3, -0.25) is 9.59 Å². The normalized spacial score (nSPS) is 11.4. The van der Waals surface area contributed by atoms with Gasteiger partial charge in [-0.05, 0) is 36.6 Å². The van der Waals surface area contributed by atoms with Crippen molar-refractivity contribution in [2.75, 3.05) is 10.6 Å². The Balaban J connectivity index is 0.00000361. The van der Waals surface area contributed by atoms with Crippen LogP contribution in [0.3, 0.4) is 0 Å². The Morgan fingerprint density at radius 1 is 1.10 bits per heavy atom. The summed E-state index contributed by atoms with van der Waals surface area (Å²) >= 11 is 0. The Kier molecular flexibility index (Phi) is 7.87. The van der Waals surface area contributed by atoms with E-state index in [2.05, 4.69) is 10.6 Å². The SMILES string of the molecule is CC(=O)Nc1ccc(NC(=O)[C@@H](N)CC(C)C)cc1.Cl. The van der Waals surface area contributed by atoms with Crippen molar-refractivity contribution in [3.63, 3.8) is 0 Å². The fourth-order valence-corrected chi connectivity index (χ4v) is 1.69. The van der Waals surface area contributed by atoms with E-state index in [1.165, 1.54) is 6.92 Å². The monoisotopic (exact) mass is 299 g/mol. The maximum Gasteiger partial charge on any atom is 0.241 e. The summed E-state index contributed by atoms with van der Waals surface area (Å²) in [5.74, 6) is 0.0552. The Morgan fingerprint density at radius 2 is 1.55 bits per heavy atom. The lowest BCUT2D eigenvalue weighted by Gasteiger charge is -2.14. The summed E-state index contributed by atoms with van der Waals surface area (Å²) in [6, 6.07) is 6.40. The Morgan fingerprint density at radius 3 is 1.95 bits per heavy atom. The van der Waals surface area contributed by atoms with Crippen LogP contribution in [0, 0.1) is 5.92 Å². The quantitative estimate of drug-likeness (QED) is 0.780. The first kappa shape index (κ1) is 18.4. The van der Waals surface area contributed by atoms with Gasteiger partial charge in [0.1, 0.15) is 0 Å². The molecule has 0 fully saturated rings. The number of hydrogen-bond acceptors (Lipinski definition) is 3. The number of carbonyl (C=O) groups is 2. The van der Waals surface area contributed by atoms with Crippen molar-refractivity contribution in [3.8, 4) is 0 Å². The summed E-state index contributed by atoms with van der Waals surface area (Å²) in [4.78, 5) is 22.7. The molecule has 20 heavy (non-hydrogen) atoms. The van der Waals surface area contributed by atoms with Gasteiger partial charge in [0.2, 0.25) is 11.8 Å². The molecule has 2 amide bonds. The third kappa shape index (κ3) is 6.54. The molecule has 5 nitrogen and oxygen atoms in total. The van der Waals surface area contributed by atoms with E-state index in [-0.39, 0.29) is 24.2 Å². The summed E-state index contributed by atoms with van der Waals surface area (Å²) in [6.07, 6.45) is 0.649. The fourth-order valence-electron chi connectivity index (χ4n) is 1.69. The molecule has 6 heteroatoms. The van der Waals surface area contributed by atoms with Crippen LogP contribution >= 0.6 is 12.4 Å². The van der Waals surface area contributed by atoms with E-state index < -0.39 is 6.04 Å². The fraction of sp³-hybridized carbons (Fsp3) is 0.429. The maximum atomic E-state index is 11.8. The van der Waals surface area contributed by atoms with Crippen molar-refractivity contribution in [3.05, 3.63) is 24.3 Å². The lowest BCUT2D eigenvalue weighted by molar-refractivity contribution is -0.117. The highest BCUT2D eigenvalue weighted by atomic mass is 35.5. The molecule has 0 saturated heterocycles. The van der Waals surface area contributed by atoms with Crippen LogP contribution in [0.15, 0.2) is 24.3 Å². The summed E-state index contributed by atoms with van der Waals surface area (Å²) in [7, 11) is 0. The predicted molar refractivity (Wildman–Crippen MR) is 84.1 cm³/mol. The molecule has 0 aliphatic heterocycles. The van der Waals surface area contributed by atoms with Crippen LogP contribution in [0.1, 0.15) is 27.2 Å². The second-order valence-electron chi connectivity index (χ2n) is 4.98. The molecular formula is C14H22ClN3O2. The molecule has 0 saturated carbocycles. The third-order valence-electron chi connectivity index (χ3n) is 2.53. The van der Waals surface area contributed by atoms with Crippen LogP contribution in [0.2, 0.25) is 0 Å². The van der Waals surface area contributed by atoms with Crippen molar-refractivity contribution < 1.29 is 9.59 Å². The highest BCUT2D eigenvalue weighted by Crippen LogP contribution is 2.14. The second kappa shape index (κ2) is 8.55. The number of carbonyl (C=O) groups excluding carboxylic acids is 2. The molecule has 0 spiro atoms. The van der Waals surface area contributed by atoms with Crippen molar-refractivity contribution in [2.24, 2.45) is 11.7 Å². The van der Waals surface area contributed by atoms with Gasteiger partial charge in [0.15, 0.2) is 0 Å². The number of benzene rings is 1. The first-order valence-electron chi connectivity index (χ1n) is 6.32. The predicted octanol–water partition coefficient (Wildman–Crippen LogP) is 2.38. The van der Waals surface area contributed by atoms with E-state index in [0.29, 0.717) is 23.7 Å². The average molecular weight is 300 g/mol. The first-order valence-corrected chi connectivity index (χ1v) is 6.32. The molecule has 1 atom stereocenters. The number of amides is 2. The van der Waals surface area contributed by atoms with Gasteiger partial charge in [0.05, 0.1) is 6.04 Å². The van der Waals surface area contributed by atoms with Crippen LogP contribution in [-0.4, -0.2) is 17.9 Å². The molecule has 0 unspecified atom stereocenters. The summed E-state index contributed by atoms with van der Waals surface area (Å²) in [5.41, 5.74) is 7.15. The summed E-state index contributed by atoms with van der Waals surface area (Å²) < 4.78 is 0. The van der Waals surface area contributed by atoms with Gasteiger partial charge in [-0.25, -0.2) is 0 Å². The van der Waals surface area contributed by atoms with Gasteiger partial charge in [-0.1, -0.05) is 13.8 Å². The molecule has 1 aromatic rings. The van der Waals surface area contributed by atoms with Crippen molar-refractivity contribution in [1.29, 1.82) is 0 Å². The van der Waals surface area contributed by atoms with Crippen LogP contribution < -0.4 is 16.4 Å². The second-order valence-corrected chi connectivity index (χ2v) is 4.98. The third-order valence-corrected chi connectivity index (χ3v) is 2.53. The standard InChI is InChI=1S/C14H21N3O2.ClH/c1-9(2)8-13(15)14(19)17-12-6-4-11(5-7-12)16-10(3)18;/h4-7,9,13H,8,15H2,1-3H3,(H,16,18)(H,17,19);1H/t13-;/m0./s1. The van der Waals surface area contributed by atoms with Gasteiger partial charge in [-0.2, -0.15) is 0 Å². The summed E-state index contributed by atoms with van der Waals surface area (Å²) in [5, 5.41) is 5.41. The molecule has 4 N–H and O–H groups in total. The maximum absolute atomic E-state index is 11.8. The van der Waals surface area contributed by atoms with Gasteiger partial charge >= 0.3 is 0 Å². The van der Waals surface area contributed by atoms with Crippen molar-refractivity contribution in [2.45, 2.75) is 33.2 Å². The number of nitrogens with one attached hydrogen (secondary N) is 2. The number of anilines is 2. The number of rotatable bonds is 5. The van der Waals surface area contributed by atoms with Crippen LogP contribution in [0.5, 0.6) is 0 Å². The molecule has 0 aromatic heterocycles. The van der Waals surface area contributed by atoms with E-state index in [4.69, 9.17) is 5.73 Å². The van der Waals surface area contributed by atoms with Crippen molar-refractivity contribution >= 4 is 35.6 Å². The molecular weight excluding hydrogens is 278 g/mol. The topological polar surface area (TPSA) is 84.2 Å². The molecule has 112 valence electrons. The van der Waals surface area contributed by atoms with Gasteiger partial charge < -0.3 is 16.4 Å². The van der Waals surface area contributed by atoms with E-state index in [9.17, 15) is 9.59 Å². The number of hydrogen-bond donors (Lipinski definition) is 3. The minimum Gasteiger partial charge on any atom is -0.326 e. The smallest absolute Gasteiger partial charge is 0.241 e. The molecule has 0 aliphatic carbocycles. The van der Waals surface area contributed by atoms with Gasteiger partial charge in [-0.15, -0.1) is 12.4 Å². The Bertz CT molecular complexity index is 446. The lowest BCUT2D eigenvalue weighted by Crippen LogP contribution is -2.36. The van der Waals surface area contributed by atoms with Gasteiger partial charge in [0, 0.05) is 18.3 Å². The van der Waals surface area contributed by atoms with Crippen molar-refractivity contribution in [1.82, 2.24) is 0 Å². The molecule has 0 aliphatic rings. The van der Waals surface area contributed by atoms with Crippen LogP contribution in [0.4, 0.5) is 11.4 Å². The number of halogens is 1. The minimum atomic E-state index is -0.505.